The number of piperazine rings is 1. The number of nitrogens with one attached hydrogen (secondary N) is 1. The molecule has 1 spiro atoms. The number of hydrogen-bond acceptors (Lipinski definition) is 4. The molecule has 22 heavy (non-hydrogen) atoms. The largest absolute Gasteiger partial charge is 0.444 e. The Labute approximate surface area is 134 Å². The van der Waals surface area contributed by atoms with Crippen molar-refractivity contribution in [1.29, 1.82) is 0 Å². The average Bonchev–Trinajstić information content (AvgIpc) is 2.45. The van der Waals surface area contributed by atoms with E-state index in [1.807, 2.05) is 25.7 Å². The molecule has 5 heteroatoms. The van der Waals surface area contributed by atoms with Crippen molar-refractivity contribution in [2.75, 3.05) is 39.3 Å². The number of hydrogen-bond donors (Lipinski definition) is 1. The summed E-state index contributed by atoms with van der Waals surface area (Å²) >= 11 is 0. The molecule has 2 saturated heterocycles. The molecule has 1 atom stereocenters. The molecule has 1 saturated carbocycles. The van der Waals surface area contributed by atoms with E-state index >= 15 is 0 Å². The molecule has 0 aromatic rings. The molecule has 2 heterocycles. The first-order valence-electron chi connectivity index (χ1n) is 8.82. The van der Waals surface area contributed by atoms with Crippen molar-refractivity contribution in [3.8, 4) is 0 Å². The van der Waals surface area contributed by atoms with Crippen molar-refractivity contribution in [2.24, 2.45) is 5.41 Å². The topological polar surface area (TPSA) is 44.8 Å². The number of ether oxygens (including phenoxy) is 1. The molecule has 2 aliphatic heterocycles. The van der Waals surface area contributed by atoms with Crippen LogP contribution in [0.2, 0.25) is 0 Å². The third kappa shape index (κ3) is 3.25. The van der Waals surface area contributed by atoms with Gasteiger partial charge >= 0.3 is 6.09 Å². The van der Waals surface area contributed by atoms with E-state index in [2.05, 4.69) is 10.2 Å². The van der Waals surface area contributed by atoms with Gasteiger partial charge in [-0.25, -0.2) is 4.79 Å². The molecule has 1 amide bonds. The van der Waals surface area contributed by atoms with Crippen LogP contribution in [0, 0.1) is 5.41 Å². The Morgan fingerprint density at radius 1 is 1.09 bits per heavy atom. The van der Waals surface area contributed by atoms with Crippen molar-refractivity contribution in [3.05, 3.63) is 0 Å². The zero-order valence-corrected chi connectivity index (χ0v) is 14.4. The van der Waals surface area contributed by atoms with Gasteiger partial charge in [0.25, 0.3) is 0 Å². The Morgan fingerprint density at radius 2 is 1.73 bits per heavy atom. The molecular formula is C17H31N3O2. The second-order valence-electron chi connectivity index (χ2n) is 8.17. The Balaban J connectivity index is 1.53. The maximum atomic E-state index is 12.2. The van der Waals surface area contributed by atoms with E-state index in [1.165, 1.54) is 25.9 Å². The maximum Gasteiger partial charge on any atom is 0.410 e. The van der Waals surface area contributed by atoms with Gasteiger partial charge < -0.3 is 15.0 Å². The van der Waals surface area contributed by atoms with E-state index < -0.39 is 5.60 Å². The first kappa shape index (κ1) is 16.1. The number of piperidine rings is 1. The van der Waals surface area contributed by atoms with Gasteiger partial charge in [-0.2, -0.15) is 0 Å². The fourth-order valence-corrected chi connectivity index (χ4v) is 4.29. The van der Waals surface area contributed by atoms with Gasteiger partial charge in [0.1, 0.15) is 5.60 Å². The summed E-state index contributed by atoms with van der Waals surface area (Å²) in [5.41, 5.74) is 0.0713. The average molecular weight is 309 g/mol. The van der Waals surface area contributed by atoms with Crippen LogP contribution in [0.1, 0.15) is 46.5 Å². The fraction of sp³-hybridized carbons (Fsp3) is 0.941. The summed E-state index contributed by atoms with van der Waals surface area (Å²) < 4.78 is 5.51. The van der Waals surface area contributed by atoms with Crippen molar-refractivity contribution >= 4 is 6.09 Å². The lowest BCUT2D eigenvalue weighted by atomic mass is 9.58. The zero-order chi connectivity index (χ0) is 15.8. The van der Waals surface area contributed by atoms with Gasteiger partial charge in [-0.15, -0.1) is 0 Å². The van der Waals surface area contributed by atoms with E-state index in [1.54, 1.807) is 0 Å². The summed E-state index contributed by atoms with van der Waals surface area (Å²) in [6, 6.07) is 0.746. The molecular weight excluding hydrogens is 278 g/mol. The van der Waals surface area contributed by atoms with Gasteiger partial charge in [0.15, 0.2) is 0 Å². The van der Waals surface area contributed by atoms with Gasteiger partial charge in [0, 0.05) is 45.3 Å². The molecule has 1 aliphatic carbocycles. The summed E-state index contributed by atoms with van der Waals surface area (Å²) in [6.07, 6.45) is 4.82. The van der Waals surface area contributed by atoms with Crippen LogP contribution >= 0.6 is 0 Å². The van der Waals surface area contributed by atoms with Crippen LogP contribution in [-0.2, 0) is 4.74 Å². The van der Waals surface area contributed by atoms with Gasteiger partial charge in [0.05, 0.1) is 0 Å². The lowest BCUT2D eigenvalue weighted by Crippen LogP contribution is -2.62. The van der Waals surface area contributed by atoms with Gasteiger partial charge in [-0.05, 0) is 51.9 Å². The van der Waals surface area contributed by atoms with E-state index in [0.717, 1.165) is 45.1 Å². The van der Waals surface area contributed by atoms with E-state index in [4.69, 9.17) is 4.74 Å². The maximum absolute atomic E-state index is 12.2. The number of rotatable bonds is 1. The molecule has 126 valence electrons. The first-order chi connectivity index (χ1) is 10.4. The molecule has 5 nitrogen and oxygen atoms in total. The number of likely N-dealkylation sites (tertiary alicyclic amines) is 1. The summed E-state index contributed by atoms with van der Waals surface area (Å²) in [5, 5.41) is 3.44. The highest BCUT2D eigenvalue weighted by molar-refractivity contribution is 5.68. The molecule has 3 fully saturated rings. The zero-order valence-electron chi connectivity index (χ0n) is 14.4. The van der Waals surface area contributed by atoms with Crippen molar-refractivity contribution < 1.29 is 9.53 Å². The monoisotopic (exact) mass is 309 g/mol. The molecule has 0 aromatic carbocycles. The minimum Gasteiger partial charge on any atom is -0.444 e. The minimum absolute atomic E-state index is 0.139. The van der Waals surface area contributed by atoms with Crippen LogP contribution in [0.3, 0.4) is 0 Å². The Bertz CT molecular complexity index is 405. The lowest BCUT2D eigenvalue weighted by molar-refractivity contribution is -0.0731. The van der Waals surface area contributed by atoms with Gasteiger partial charge in [0.2, 0.25) is 0 Å². The van der Waals surface area contributed by atoms with Crippen molar-refractivity contribution in [3.63, 3.8) is 0 Å². The number of amides is 1. The Hall–Kier alpha value is -0.810. The quantitative estimate of drug-likeness (QED) is 0.805. The third-order valence-electron chi connectivity index (χ3n) is 5.63. The first-order valence-corrected chi connectivity index (χ1v) is 8.82. The van der Waals surface area contributed by atoms with E-state index in [-0.39, 0.29) is 6.09 Å². The number of nitrogens with zero attached hydrogens (tertiary/aromatic N) is 2. The SMILES string of the molecule is CC(C)(C)OC(=O)N1CCC2(CCC2N2CCNCC2)CC1. The van der Waals surface area contributed by atoms with Crippen LogP contribution in [0.15, 0.2) is 0 Å². The summed E-state index contributed by atoms with van der Waals surface area (Å²) in [6.45, 7) is 12.1. The fourth-order valence-electron chi connectivity index (χ4n) is 4.29. The van der Waals surface area contributed by atoms with Crippen LogP contribution in [0.5, 0.6) is 0 Å². The van der Waals surface area contributed by atoms with Crippen LogP contribution in [0.25, 0.3) is 0 Å². The molecule has 3 aliphatic rings. The smallest absolute Gasteiger partial charge is 0.410 e. The predicted molar refractivity (Wildman–Crippen MR) is 86.9 cm³/mol. The van der Waals surface area contributed by atoms with E-state index in [0.29, 0.717) is 5.41 Å². The molecule has 1 unspecified atom stereocenters. The van der Waals surface area contributed by atoms with Crippen molar-refractivity contribution in [2.45, 2.75) is 58.1 Å². The van der Waals surface area contributed by atoms with Gasteiger partial charge in [-0.3, -0.25) is 4.90 Å². The molecule has 3 rings (SSSR count). The minimum atomic E-state index is -0.397. The van der Waals surface area contributed by atoms with Crippen LogP contribution in [0.4, 0.5) is 4.79 Å². The lowest BCUT2D eigenvalue weighted by Gasteiger charge is -2.58. The summed E-state index contributed by atoms with van der Waals surface area (Å²) in [5.74, 6) is 0. The van der Waals surface area contributed by atoms with E-state index in [9.17, 15) is 4.79 Å². The second-order valence-corrected chi connectivity index (χ2v) is 8.17. The third-order valence-corrected chi connectivity index (χ3v) is 5.63. The highest BCUT2D eigenvalue weighted by atomic mass is 16.6. The van der Waals surface area contributed by atoms with Crippen molar-refractivity contribution in [1.82, 2.24) is 15.1 Å². The molecule has 0 aromatic heterocycles. The molecule has 0 bridgehead atoms. The van der Waals surface area contributed by atoms with Crippen LogP contribution in [-0.4, -0.2) is 66.8 Å². The molecule has 0 radical (unpaired) electrons. The standard InChI is InChI=1S/C17H31N3O2/c1-16(2,3)22-15(21)20-10-6-17(7-11-20)5-4-14(17)19-12-8-18-9-13-19/h14,18H,4-13H2,1-3H3. The highest BCUT2D eigenvalue weighted by Gasteiger charge is 2.51. The molecule has 1 N–H and O–H groups in total. The van der Waals surface area contributed by atoms with Crippen LogP contribution < -0.4 is 5.32 Å². The summed E-state index contributed by atoms with van der Waals surface area (Å²) in [7, 11) is 0. The Morgan fingerprint density at radius 3 is 2.23 bits per heavy atom. The number of carbonyl (C=O) groups excluding carboxylic acids is 1. The predicted octanol–water partition coefficient (Wildman–Crippen LogP) is 2.07. The summed E-state index contributed by atoms with van der Waals surface area (Å²) in [4.78, 5) is 16.8. The number of carbonyl (C=O) groups is 1. The highest BCUT2D eigenvalue weighted by Crippen LogP contribution is 2.51. The Kier molecular flexibility index (Phi) is 4.38. The second kappa shape index (κ2) is 6.00. The normalized spacial score (nSPS) is 29.2. The van der Waals surface area contributed by atoms with Gasteiger partial charge in [-0.1, -0.05) is 0 Å².